The Morgan fingerprint density at radius 1 is 0.506 bits per heavy atom. The number of aromatic nitrogens is 4. The molecule has 0 spiro atoms. The van der Waals surface area contributed by atoms with E-state index >= 15 is 0 Å². The van der Waals surface area contributed by atoms with Crippen LogP contribution >= 0.6 is 0 Å². The van der Waals surface area contributed by atoms with Gasteiger partial charge >= 0.3 is 416 Å². The zero-order valence-electron chi connectivity index (χ0n) is 50.7. The molecule has 388 valence electrons. The van der Waals surface area contributed by atoms with Crippen LogP contribution in [0.5, 0.6) is 11.5 Å². The van der Waals surface area contributed by atoms with Crippen LogP contribution in [0.4, 0.5) is 0 Å². The van der Waals surface area contributed by atoms with Crippen molar-refractivity contribution in [3.63, 3.8) is 0 Å². The molecule has 0 amide bonds. The van der Waals surface area contributed by atoms with Crippen LogP contribution in [-0.2, 0) is 41.0 Å². The molecule has 4 aromatic heterocycles. The number of pyridine rings is 1. The third-order valence-corrected chi connectivity index (χ3v) is 15.9. The minimum atomic E-state index is -0.450. The van der Waals surface area contributed by atoms with Crippen molar-refractivity contribution in [1.29, 1.82) is 0 Å². The summed E-state index contributed by atoms with van der Waals surface area (Å²) in [6, 6.07) is 51.3. The number of hydrogen-bond donors (Lipinski definition) is 0. The van der Waals surface area contributed by atoms with Gasteiger partial charge in [-0.2, -0.15) is 0 Å². The Morgan fingerprint density at radius 3 is 1.78 bits per heavy atom. The average Bonchev–Trinajstić information content (AvgIpc) is 1.68. The summed E-state index contributed by atoms with van der Waals surface area (Å²) in [6.45, 7) is 26.4. The number of imidazole rings is 1. The second-order valence-corrected chi connectivity index (χ2v) is 25.4. The Hall–Kier alpha value is -7.53. The van der Waals surface area contributed by atoms with Crippen molar-refractivity contribution < 1.29 is 35.4 Å². The van der Waals surface area contributed by atoms with Crippen LogP contribution in [0.25, 0.3) is 94.1 Å². The minimum absolute atomic E-state index is 0.0939. The molecule has 0 radical (unpaired) electrons. The summed E-state index contributed by atoms with van der Waals surface area (Å²) in [7, 11) is 0. The van der Waals surface area contributed by atoms with Gasteiger partial charge in [-0.05, 0) is 17.0 Å². The molecule has 0 bridgehead atoms. The number of fused-ring (bicyclic) bond motifs is 7. The van der Waals surface area contributed by atoms with E-state index in [0.29, 0.717) is 43.2 Å². The monoisotopic (exact) mass is 1190 g/mol. The summed E-state index contributed by atoms with van der Waals surface area (Å²) in [4.78, 5) is 4.90. The van der Waals surface area contributed by atoms with Crippen LogP contribution in [0, 0.1) is 15.9 Å². The first-order chi connectivity index (χ1) is 38.7. The van der Waals surface area contributed by atoms with Gasteiger partial charge < -0.3 is 0 Å². The molecule has 0 saturated heterocycles. The number of rotatable bonds is 6. The molecule has 12 aromatic rings. The van der Waals surface area contributed by atoms with E-state index in [4.69, 9.17) is 18.3 Å². The summed E-state index contributed by atoms with van der Waals surface area (Å²) in [5.41, 5.74) is 11.7. The Morgan fingerprint density at radius 2 is 1.09 bits per heavy atom. The van der Waals surface area contributed by atoms with Gasteiger partial charge in [0.05, 0.1) is 0 Å². The van der Waals surface area contributed by atoms with Crippen molar-refractivity contribution in [1.82, 2.24) is 18.5 Å². The summed E-state index contributed by atoms with van der Waals surface area (Å²) in [5.74, 6) is 1.70. The number of hydrogen-bond acceptors (Lipinski definition) is 3. The van der Waals surface area contributed by atoms with Crippen LogP contribution in [0.3, 0.4) is 0 Å². The van der Waals surface area contributed by atoms with E-state index in [0.717, 1.165) is 77.2 Å². The van der Waals surface area contributed by atoms with Crippen LogP contribution in [0.15, 0.2) is 174 Å². The Labute approximate surface area is 469 Å². The molecule has 77 heavy (non-hydrogen) atoms. The van der Waals surface area contributed by atoms with Crippen LogP contribution in [0.2, 0.25) is 0 Å². The Kier molecular flexibility index (Phi) is 10.6. The van der Waals surface area contributed by atoms with Gasteiger partial charge in [-0.1, -0.05) is 32.9 Å². The summed E-state index contributed by atoms with van der Waals surface area (Å²) in [6.07, 6.45) is 1.87. The first-order valence-corrected chi connectivity index (χ1v) is 27.4. The van der Waals surface area contributed by atoms with Gasteiger partial charge in [-0.3, -0.25) is 0 Å². The van der Waals surface area contributed by atoms with E-state index < -0.39 is 23.5 Å². The number of ether oxygens (including phenoxy) is 1. The van der Waals surface area contributed by atoms with Crippen molar-refractivity contribution in [3.8, 4) is 45.3 Å². The number of nitrogens with zero attached hydrogens (tertiary/aromatic N) is 4. The predicted molar refractivity (Wildman–Crippen MR) is 316 cm³/mol. The third kappa shape index (κ3) is 8.89. The van der Waals surface area contributed by atoms with E-state index in [1.54, 1.807) is 0 Å². The Balaban J connectivity index is 1.19. The molecule has 0 N–H and O–H groups in total. The maximum absolute atomic E-state index is 9.65. The van der Waals surface area contributed by atoms with Gasteiger partial charge in [0.1, 0.15) is 0 Å². The van der Waals surface area contributed by atoms with E-state index in [1.165, 1.54) is 5.56 Å². The van der Waals surface area contributed by atoms with Gasteiger partial charge in [0.15, 0.2) is 0 Å². The summed E-state index contributed by atoms with van der Waals surface area (Å²) >= 11 is 2.38. The first kappa shape index (κ1) is 44.6. The molecule has 12 rings (SSSR count). The second-order valence-electron chi connectivity index (χ2n) is 24.4. The molecule has 6 nitrogen and oxygen atoms in total. The fraction of sp³-hybridized carbons (Fsp3) is 0.229. The quantitative estimate of drug-likeness (QED) is 0.156. The van der Waals surface area contributed by atoms with Crippen molar-refractivity contribution in [2.75, 3.05) is 0 Å². The van der Waals surface area contributed by atoms with Crippen LogP contribution in [-0.4, -0.2) is 18.5 Å². The molecule has 7 heteroatoms. The maximum atomic E-state index is 9.65. The van der Waals surface area contributed by atoms with E-state index in [1.807, 2.05) is 60.8 Å². The van der Waals surface area contributed by atoms with Crippen molar-refractivity contribution in [2.24, 2.45) is 0 Å². The van der Waals surface area contributed by atoms with Gasteiger partial charge in [0.2, 0.25) is 0 Å². The van der Waals surface area contributed by atoms with Crippen molar-refractivity contribution in [2.45, 2.75) is 105 Å². The molecule has 0 saturated carbocycles. The summed E-state index contributed by atoms with van der Waals surface area (Å²) < 4.78 is 67.3. The van der Waals surface area contributed by atoms with Crippen LogP contribution in [0.1, 0.15) is 112 Å². The zero-order valence-corrected chi connectivity index (χ0v) is 48.0. The normalized spacial score (nSPS) is 13.7. The second kappa shape index (κ2) is 18.3. The third-order valence-electron chi connectivity index (χ3n) is 14.9. The van der Waals surface area contributed by atoms with Crippen LogP contribution < -0.4 is 4.74 Å². The predicted octanol–water partition coefficient (Wildman–Crippen LogP) is 18.8. The molecule has 0 aliphatic rings. The summed E-state index contributed by atoms with van der Waals surface area (Å²) in [5, 5.41) is 3.87. The zero-order chi connectivity index (χ0) is 58.3. The van der Waals surface area contributed by atoms with E-state index in [9.17, 15) is 2.74 Å². The molecular weight excluding hydrogens is 1120 g/mol. The molecule has 0 aliphatic heterocycles. The van der Waals surface area contributed by atoms with Crippen molar-refractivity contribution in [3.05, 3.63) is 208 Å². The molecule has 0 unspecified atom stereocenters. The SMILES string of the molecule is [2H]c1c([2H])c([2H])c(-c2cc(C(C)(C)C)cc(-c3cc(C(C)(C)C)cc(C(C)(C)C)c3)c2-n2[c](=[Pt])n3c4[c-]c(Oc5[c-]c6c(cc5)c5ccccc5n6-c5cc(C(C)(C)C)ccn5)ccc4oc4ccccc4c4cccc2c43)c([2H])c1[2H]. The Bertz CT molecular complexity index is 4680. The first-order valence-electron chi connectivity index (χ1n) is 28.8. The van der Waals surface area contributed by atoms with Gasteiger partial charge in [-0.15, -0.1) is 0 Å². The molecule has 0 aliphatic carbocycles. The fourth-order valence-electron chi connectivity index (χ4n) is 10.5. The van der Waals surface area contributed by atoms with E-state index in [2.05, 4.69) is 207 Å². The molecule has 0 fully saturated rings. The number of para-hydroxylation sites is 3. The van der Waals surface area contributed by atoms with Gasteiger partial charge in [0.25, 0.3) is 0 Å². The average molecular weight is 1190 g/mol. The molecule has 0 atom stereocenters. The van der Waals surface area contributed by atoms with Gasteiger partial charge in [-0.25, -0.2) is 0 Å². The number of benzene rings is 8. The topological polar surface area (TPSA) is 49.5 Å². The van der Waals surface area contributed by atoms with E-state index in [-0.39, 0.29) is 33.9 Å². The standard InChI is InChI=1S/C70H64N4O2.Pt/c1-67(2,3)46-33-34-71-64(40-46)74-58-26-18-16-23-52(58)53-31-29-50(41-60(53)74)75-51-30-32-63-61(42-51)73-43-72(59-27-20-25-55(66(59)73)54-24-17-19-28-62(54)76-63)65-56(44-21-14-13-15-22-44)38-49(70(10,11)12)39-57(65)45-35-47(68(4,5)6)37-48(36-45)69(7,8)9;/h13-40H,1-12H3;/q-2;/i13D,14D,15D,21D,22D;. The molecular formula is C70H64N4O2Pt-2. The molecule has 8 aromatic carbocycles. The fourth-order valence-corrected chi connectivity index (χ4v) is 11.6. The van der Waals surface area contributed by atoms with Crippen molar-refractivity contribution >= 4 is 60.3 Å². The van der Waals surface area contributed by atoms with Gasteiger partial charge in [0, 0.05) is 6.20 Å². The molecule has 4 heterocycles.